The van der Waals surface area contributed by atoms with E-state index in [2.05, 4.69) is 4.99 Å². The number of nitrogens with zero attached hydrogens (tertiary/aromatic N) is 1. The highest BCUT2D eigenvalue weighted by Crippen LogP contribution is 2.44. The first kappa shape index (κ1) is 25.1. The first-order chi connectivity index (χ1) is 14.2. The molecule has 170 valence electrons. The van der Waals surface area contributed by atoms with Crippen molar-refractivity contribution < 1.29 is 40.3 Å². The maximum absolute atomic E-state index is 12.8. The Morgan fingerprint density at radius 2 is 1.32 bits per heavy atom. The van der Waals surface area contributed by atoms with E-state index in [1.807, 2.05) is 0 Å². The Kier molecular flexibility index (Phi) is 7.73. The molecule has 0 bridgehead atoms. The third kappa shape index (κ3) is 7.19. The molecule has 0 spiro atoms. The molecule has 2 aromatic carbocycles. The van der Waals surface area contributed by atoms with Gasteiger partial charge in [-0.15, -0.1) is 0 Å². The fourth-order valence-corrected chi connectivity index (χ4v) is 3.63. The van der Waals surface area contributed by atoms with E-state index in [1.165, 1.54) is 0 Å². The summed E-state index contributed by atoms with van der Waals surface area (Å²) in [6.07, 6.45) is -9.94. The number of halogens is 6. The lowest BCUT2D eigenvalue weighted by molar-refractivity contribution is -0.138. The largest absolute Gasteiger partial charge is 0.416 e. The molecule has 2 rings (SSSR count). The number of hydrogen-bond donors (Lipinski definition) is 1. The summed E-state index contributed by atoms with van der Waals surface area (Å²) in [7, 11) is -4.18. The normalized spacial score (nSPS) is 15.3. The van der Waals surface area contributed by atoms with Gasteiger partial charge < -0.3 is 9.42 Å². The Morgan fingerprint density at radius 1 is 0.935 bits per heavy atom. The average molecular weight is 467 g/mol. The zero-order valence-electron chi connectivity index (χ0n) is 16.5. The van der Waals surface area contributed by atoms with E-state index in [4.69, 9.17) is 4.52 Å². The van der Waals surface area contributed by atoms with Crippen molar-refractivity contribution in [3.8, 4) is 0 Å². The molecule has 2 atom stereocenters. The average Bonchev–Trinajstić information content (AvgIpc) is 2.67. The molecule has 0 radical (unpaired) electrons. The van der Waals surface area contributed by atoms with Crippen molar-refractivity contribution in [1.29, 1.82) is 0 Å². The summed E-state index contributed by atoms with van der Waals surface area (Å²) in [5.74, 6) is 0. The topological polar surface area (TPSA) is 58.9 Å². The highest BCUT2D eigenvalue weighted by molar-refractivity contribution is 7.52. The van der Waals surface area contributed by atoms with E-state index in [-0.39, 0.29) is 16.8 Å². The van der Waals surface area contributed by atoms with Crippen LogP contribution in [0.2, 0.25) is 0 Å². The smallest absolute Gasteiger partial charge is 0.323 e. The van der Waals surface area contributed by atoms with Gasteiger partial charge in [0.05, 0.1) is 22.9 Å². The molecule has 2 aromatic rings. The number of benzene rings is 2. The van der Waals surface area contributed by atoms with Gasteiger partial charge in [0.15, 0.2) is 0 Å². The third-order valence-electron chi connectivity index (χ3n) is 4.30. The molecule has 0 aliphatic heterocycles. The van der Waals surface area contributed by atoms with Crippen molar-refractivity contribution in [3.05, 3.63) is 70.8 Å². The number of aliphatic imine (C=N–C) groups is 1. The van der Waals surface area contributed by atoms with Crippen LogP contribution in [0, 0.1) is 0 Å². The summed E-state index contributed by atoms with van der Waals surface area (Å²) in [5, 5.41) is 0. The van der Waals surface area contributed by atoms with Gasteiger partial charge in [-0.25, -0.2) is 0 Å². The molecular formula is C20H20F6NO3P. The van der Waals surface area contributed by atoms with E-state index < -0.39 is 43.5 Å². The fraction of sp³-hybridized carbons (Fsp3) is 0.350. The Balaban J connectivity index is 2.46. The second-order valence-corrected chi connectivity index (χ2v) is 8.53. The maximum Gasteiger partial charge on any atom is 0.416 e. The summed E-state index contributed by atoms with van der Waals surface area (Å²) < 4.78 is 94.3. The maximum atomic E-state index is 12.8. The van der Waals surface area contributed by atoms with E-state index in [0.717, 1.165) is 48.5 Å². The molecule has 0 heterocycles. The molecule has 31 heavy (non-hydrogen) atoms. The minimum Gasteiger partial charge on any atom is -0.323 e. The van der Waals surface area contributed by atoms with Crippen LogP contribution in [0.25, 0.3) is 0 Å². The Bertz CT molecular complexity index is 893. The minimum atomic E-state index is -4.57. The molecule has 0 amide bonds. The quantitative estimate of drug-likeness (QED) is 0.287. The lowest BCUT2D eigenvalue weighted by atomic mass is 9.99. The molecule has 0 aromatic heterocycles. The van der Waals surface area contributed by atoms with Crippen LogP contribution in [0.5, 0.6) is 0 Å². The second kappa shape index (κ2) is 9.54. The van der Waals surface area contributed by atoms with Crippen LogP contribution in [0.3, 0.4) is 0 Å². The molecule has 0 fully saturated rings. The summed E-state index contributed by atoms with van der Waals surface area (Å²) >= 11 is 0. The van der Waals surface area contributed by atoms with Gasteiger partial charge in [0.25, 0.3) is 0 Å². The van der Waals surface area contributed by atoms with Crippen molar-refractivity contribution in [1.82, 2.24) is 0 Å². The summed E-state index contributed by atoms with van der Waals surface area (Å²) in [5.41, 5.74) is -1.61. The van der Waals surface area contributed by atoms with Crippen molar-refractivity contribution in [2.75, 3.05) is 6.29 Å². The van der Waals surface area contributed by atoms with Crippen molar-refractivity contribution in [2.45, 2.75) is 38.7 Å². The van der Waals surface area contributed by atoms with Gasteiger partial charge in [-0.1, -0.05) is 31.2 Å². The molecule has 2 unspecified atom stereocenters. The zero-order valence-corrected chi connectivity index (χ0v) is 17.4. The molecule has 0 aliphatic rings. The van der Waals surface area contributed by atoms with Crippen LogP contribution < -0.4 is 0 Å². The van der Waals surface area contributed by atoms with Crippen LogP contribution in [-0.2, 0) is 21.4 Å². The zero-order chi connectivity index (χ0) is 23.4. The van der Waals surface area contributed by atoms with Gasteiger partial charge in [0, 0.05) is 11.1 Å². The first-order valence-electron chi connectivity index (χ1n) is 9.13. The van der Waals surface area contributed by atoms with E-state index in [0.29, 0.717) is 6.42 Å². The Hall–Kier alpha value is -2.16. The van der Waals surface area contributed by atoms with E-state index >= 15 is 0 Å². The number of alkyl halides is 6. The number of rotatable bonds is 7. The molecular weight excluding hydrogens is 447 g/mol. The van der Waals surface area contributed by atoms with E-state index in [9.17, 15) is 35.8 Å². The molecule has 0 saturated heterocycles. The predicted octanol–water partition coefficient (Wildman–Crippen LogP) is 6.52. The highest BCUT2D eigenvalue weighted by Gasteiger charge is 2.31. The van der Waals surface area contributed by atoms with Gasteiger partial charge >= 0.3 is 19.9 Å². The van der Waals surface area contributed by atoms with Crippen LogP contribution >= 0.6 is 7.60 Å². The van der Waals surface area contributed by atoms with Crippen molar-refractivity contribution in [2.24, 2.45) is 4.99 Å². The van der Waals surface area contributed by atoms with Gasteiger partial charge in [-0.3, -0.25) is 9.56 Å². The SMILES string of the molecule is CCC(C)OP(=O)(O)CN=C(c1ccc(C(F)(F)F)cc1)c1ccc(C(F)(F)F)cc1. The molecule has 1 N–H and O–H groups in total. The Morgan fingerprint density at radius 3 is 1.65 bits per heavy atom. The summed E-state index contributed by atoms with van der Waals surface area (Å²) in [6, 6.07) is 7.56. The lowest BCUT2D eigenvalue weighted by Crippen LogP contribution is -2.10. The van der Waals surface area contributed by atoms with Gasteiger partial charge in [0.1, 0.15) is 6.29 Å². The van der Waals surface area contributed by atoms with Crippen LogP contribution in [0.4, 0.5) is 26.3 Å². The van der Waals surface area contributed by atoms with Gasteiger partial charge in [-0.2, -0.15) is 26.3 Å². The van der Waals surface area contributed by atoms with Crippen LogP contribution in [-0.4, -0.2) is 23.0 Å². The Labute approximate surface area is 175 Å². The van der Waals surface area contributed by atoms with E-state index in [1.54, 1.807) is 13.8 Å². The molecule has 0 saturated carbocycles. The minimum absolute atomic E-state index is 0.0375. The molecule has 0 aliphatic carbocycles. The van der Waals surface area contributed by atoms with Crippen molar-refractivity contribution in [3.63, 3.8) is 0 Å². The van der Waals surface area contributed by atoms with Gasteiger partial charge in [0.2, 0.25) is 0 Å². The third-order valence-corrected chi connectivity index (χ3v) is 5.49. The van der Waals surface area contributed by atoms with Crippen LogP contribution in [0.15, 0.2) is 53.5 Å². The predicted molar refractivity (Wildman–Crippen MR) is 104 cm³/mol. The van der Waals surface area contributed by atoms with Crippen LogP contribution in [0.1, 0.15) is 42.5 Å². The fourth-order valence-electron chi connectivity index (χ4n) is 2.53. The monoisotopic (exact) mass is 467 g/mol. The van der Waals surface area contributed by atoms with Crippen molar-refractivity contribution >= 4 is 13.3 Å². The molecule has 4 nitrogen and oxygen atoms in total. The lowest BCUT2D eigenvalue weighted by Gasteiger charge is -2.16. The van der Waals surface area contributed by atoms with Gasteiger partial charge in [-0.05, 0) is 37.6 Å². The highest BCUT2D eigenvalue weighted by atomic mass is 31.2. The first-order valence-corrected chi connectivity index (χ1v) is 10.9. The summed E-state index contributed by atoms with van der Waals surface area (Å²) in [4.78, 5) is 14.0. The molecule has 11 heteroatoms. The second-order valence-electron chi connectivity index (χ2n) is 6.76. The standard InChI is InChI=1S/C20H20F6NO3P/c1-3-13(2)30-31(28,29)12-27-18(14-4-8-16(9-5-14)19(21,22)23)15-6-10-17(11-7-15)20(24,25)26/h4-11,13H,3,12H2,1-2H3,(H,28,29). The number of hydrogen-bond acceptors (Lipinski definition) is 3. The summed E-state index contributed by atoms with van der Waals surface area (Å²) in [6.45, 7) is 3.32.